The van der Waals surface area contributed by atoms with Crippen molar-refractivity contribution in [3.63, 3.8) is 0 Å². The van der Waals surface area contributed by atoms with Gasteiger partial charge in [0.2, 0.25) is 0 Å². The summed E-state index contributed by atoms with van der Waals surface area (Å²) in [5.41, 5.74) is 1.85. The van der Waals surface area contributed by atoms with E-state index in [4.69, 9.17) is 21.7 Å². The van der Waals surface area contributed by atoms with Gasteiger partial charge in [-0.2, -0.15) is 0 Å². The zero-order valence-electron chi connectivity index (χ0n) is 18.7. The van der Waals surface area contributed by atoms with Gasteiger partial charge in [-0.15, -0.1) is 16.7 Å². The van der Waals surface area contributed by atoms with Crippen molar-refractivity contribution in [2.45, 2.75) is 63.7 Å². The first-order valence-corrected chi connectivity index (χ1v) is 11.8. The highest BCUT2D eigenvalue weighted by atomic mass is 35.5. The molecule has 3 aromatic heterocycles. The number of H-pyrrole nitrogens is 1. The Hall–Kier alpha value is -2.73. The summed E-state index contributed by atoms with van der Waals surface area (Å²) in [5, 5.41) is 6.89. The molecule has 0 aliphatic heterocycles. The Bertz CT molecular complexity index is 1340. The van der Waals surface area contributed by atoms with Gasteiger partial charge in [-0.25, -0.2) is 9.50 Å². The van der Waals surface area contributed by atoms with Gasteiger partial charge < -0.3 is 4.98 Å². The lowest BCUT2D eigenvalue weighted by molar-refractivity contribution is 0.270. The number of fused-ring (bicyclic) bond motifs is 2. The molecule has 166 valence electrons. The normalized spacial score (nSPS) is 19.6. The lowest BCUT2D eigenvalue weighted by Crippen LogP contribution is -2.29. The summed E-state index contributed by atoms with van der Waals surface area (Å²) in [6, 6.07) is 9.96. The van der Waals surface area contributed by atoms with Crippen LogP contribution < -0.4 is 5.56 Å². The number of hydrogen-bond donors (Lipinski definition) is 1. The number of nitrogens with one attached hydrogen (secondary N) is 1. The van der Waals surface area contributed by atoms with E-state index in [1.165, 1.54) is 0 Å². The van der Waals surface area contributed by atoms with Crippen molar-refractivity contribution >= 4 is 27.9 Å². The molecule has 6 nitrogen and oxygen atoms in total. The second-order valence-electron chi connectivity index (χ2n) is 9.33. The number of hydrogen-bond acceptors (Lipinski definition) is 4. The number of halogens is 1. The number of aryl methyl sites for hydroxylation is 1. The number of aromatic amines is 1. The van der Waals surface area contributed by atoms with Crippen LogP contribution in [0.4, 0.5) is 0 Å². The fraction of sp³-hybridized carbons (Fsp3) is 0.440. The quantitative estimate of drug-likeness (QED) is 0.418. The predicted octanol–water partition coefficient (Wildman–Crippen LogP) is 5.49. The number of pyridine rings is 1. The van der Waals surface area contributed by atoms with Crippen LogP contribution in [-0.4, -0.2) is 29.4 Å². The molecule has 7 heteroatoms. The first-order valence-electron chi connectivity index (χ1n) is 11.4. The minimum atomic E-state index is -0.198. The molecule has 1 N–H and O–H groups in total. The van der Waals surface area contributed by atoms with Gasteiger partial charge in [-0.1, -0.05) is 31.2 Å². The maximum absolute atomic E-state index is 13.2. The zero-order chi connectivity index (χ0) is 22.5. The van der Waals surface area contributed by atoms with Crippen LogP contribution in [0.15, 0.2) is 41.3 Å². The van der Waals surface area contributed by atoms with Crippen molar-refractivity contribution in [1.29, 1.82) is 0 Å². The van der Waals surface area contributed by atoms with Gasteiger partial charge in [-0.3, -0.25) is 9.78 Å². The number of benzene rings is 1. The van der Waals surface area contributed by atoms with Gasteiger partial charge in [0.1, 0.15) is 11.5 Å². The first kappa shape index (κ1) is 21.1. The molecule has 1 aromatic carbocycles. The second kappa shape index (κ2) is 8.00. The summed E-state index contributed by atoms with van der Waals surface area (Å²) < 4.78 is 1.79. The third-order valence-corrected chi connectivity index (χ3v) is 7.20. The number of rotatable bonds is 4. The molecule has 5 rings (SSSR count). The van der Waals surface area contributed by atoms with Crippen LogP contribution in [0, 0.1) is 5.92 Å². The van der Waals surface area contributed by atoms with Crippen LogP contribution >= 0.6 is 11.6 Å². The summed E-state index contributed by atoms with van der Waals surface area (Å²) in [6.45, 7) is 6.23. The number of alkyl halides is 1. The van der Waals surface area contributed by atoms with E-state index in [9.17, 15) is 4.79 Å². The highest BCUT2D eigenvalue weighted by Crippen LogP contribution is 2.42. The van der Waals surface area contributed by atoms with Gasteiger partial charge in [0, 0.05) is 22.4 Å². The molecule has 4 aromatic rings. The van der Waals surface area contributed by atoms with Crippen molar-refractivity contribution in [2.24, 2.45) is 5.92 Å². The summed E-state index contributed by atoms with van der Waals surface area (Å²) in [4.78, 5) is 25.4. The fourth-order valence-electron chi connectivity index (χ4n) is 5.06. The molecule has 0 radical (unpaired) electrons. The van der Waals surface area contributed by atoms with Crippen LogP contribution in [0.25, 0.3) is 27.8 Å². The molecule has 1 saturated carbocycles. The van der Waals surface area contributed by atoms with Crippen molar-refractivity contribution in [2.75, 3.05) is 0 Å². The monoisotopic (exact) mass is 449 g/mol. The molecule has 1 aliphatic rings. The third-order valence-electron chi connectivity index (χ3n) is 6.89. The van der Waals surface area contributed by atoms with Crippen LogP contribution in [0.3, 0.4) is 0 Å². The molecule has 0 atom stereocenters. The molecule has 1 fully saturated rings. The van der Waals surface area contributed by atoms with E-state index in [0.717, 1.165) is 48.0 Å². The highest BCUT2D eigenvalue weighted by molar-refractivity contribution is 6.23. The Morgan fingerprint density at radius 1 is 1.16 bits per heavy atom. The minimum Gasteiger partial charge on any atom is -0.302 e. The Labute approximate surface area is 192 Å². The molecule has 1 aliphatic carbocycles. The van der Waals surface area contributed by atoms with Gasteiger partial charge in [0.15, 0.2) is 11.3 Å². The lowest BCUT2D eigenvalue weighted by atomic mass is 9.76. The topological polar surface area (TPSA) is 75.9 Å². The van der Waals surface area contributed by atoms with E-state index in [-0.39, 0.29) is 16.4 Å². The van der Waals surface area contributed by atoms with Crippen LogP contribution in [0.1, 0.15) is 63.9 Å². The molecular formula is C25H28ClN5O. The fourth-order valence-corrected chi connectivity index (χ4v) is 5.28. The van der Waals surface area contributed by atoms with E-state index in [1.54, 1.807) is 10.7 Å². The van der Waals surface area contributed by atoms with Crippen molar-refractivity contribution < 1.29 is 0 Å². The van der Waals surface area contributed by atoms with Gasteiger partial charge in [0.05, 0.1) is 5.69 Å². The molecule has 32 heavy (non-hydrogen) atoms. The molecule has 0 unspecified atom stereocenters. The number of aromatic nitrogens is 5. The Morgan fingerprint density at radius 3 is 2.62 bits per heavy atom. The lowest BCUT2D eigenvalue weighted by Gasteiger charge is -2.34. The van der Waals surface area contributed by atoms with E-state index in [1.807, 2.05) is 37.3 Å². The summed E-state index contributed by atoms with van der Waals surface area (Å²) in [6.07, 6.45) is 6.54. The second-order valence-corrected chi connectivity index (χ2v) is 10.3. The van der Waals surface area contributed by atoms with Gasteiger partial charge in [-0.05, 0) is 63.3 Å². The third kappa shape index (κ3) is 3.60. The summed E-state index contributed by atoms with van der Waals surface area (Å²) >= 11 is 6.60. The number of imidazole rings is 1. The summed E-state index contributed by atoms with van der Waals surface area (Å²) in [7, 11) is 0. The molecule has 0 saturated heterocycles. The zero-order valence-corrected chi connectivity index (χ0v) is 19.5. The summed E-state index contributed by atoms with van der Waals surface area (Å²) in [5.74, 6) is 2.11. The Balaban J connectivity index is 1.63. The predicted molar refractivity (Wildman–Crippen MR) is 128 cm³/mol. The smallest absolute Gasteiger partial charge is 0.277 e. The molecule has 0 spiro atoms. The van der Waals surface area contributed by atoms with Crippen molar-refractivity contribution in [3.8, 4) is 11.5 Å². The maximum atomic E-state index is 13.2. The molecular weight excluding hydrogens is 422 g/mol. The Morgan fingerprint density at radius 2 is 1.91 bits per heavy atom. The standard InChI is InChI=1S/C25H28ClN5O/c1-4-19-21-24(32)29-22(20-18-8-6-5-7-15(18)13-14-27-20)30-31(21)23(28-19)16-9-11-17(12-10-16)25(2,3)26/h5-8,13-14,16-17H,4,9-12H2,1-3H3,(H,29,30,32). The van der Waals surface area contributed by atoms with E-state index >= 15 is 0 Å². The van der Waals surface area contributed by atoms with E-state index < -0.39 is 0 Å². The largest absolute Gasteiger partial charge is 0.302 e. The first-order chi connectivity index (χ1) is 15.4. The van der Waals surface area contributed by atoms with E-state index in [0.29, 0.717) is 29.4 Å². The van der Waals surface area contributed by atoms with E-state index in [2.05, 4.69) is 23.8 Å². The highest BCUT2D eigenvalue weighted by Gasteiger charge is 2.34. The Kier molecular flexibility index (Phi) is 5.28. The SMILES string of the molecule is CCc1nc(C2CCC(C(C)(C)Cl)CC2)n2nc(-c3nccc4ccccc34)[nH]c(=O)c12. The average Bonchev–Trinajstić information content (AvgIpc) is 3.17. The molecule has 3 heterocycles. The van der Waals surface area contributed by atoms with Crippen molar-refractivity contribution in [3.05, 3.63) is 58.4 Å². The minimum absolute atomic E-state index is 0.170. The molecule has 0 bridgehead atoms. The van der Waals surface area contributed by atoms with Crippen LogP contribution in [0.2, 0.25) is 0 Å². The molecule has 0 amide bonds. The van der Waals surface area contributed by atoms with Gasteiger partial charge in [0.25, 0.3) is 5.56 Å². The average molecular weight is 450 g/mol. The van der Waals surface area contributed by atoms with Crippen molar-refractivity contribution in [1.82, 2.24) is 24.6 Å². The van der Waals surface area contributed by atoms with Crippen LogP contribution in [0.5, 0.6) is 0 Å². The number of nitrogens with zero attached hydrogens (tertiary/aromatic N) is 4. The van der Waals surface area contributed by atoms with Gasteiger partial charge >= 0.3 is 0 Å². The maximum Gasteiger partial charge on any atom is 0.277 e. The van der Waals surface area contributed by atoms with Crippen LogP contribution in [-0.2, 0) is 6.42 Å².